The van der Waals surface area contributed by atoms with Crippen molar-refractivity contribution in [3.05, 3.63) is 47.5 Å². The third-order valence-corrected chi connectivity index (χ3v) is 5.30. The maximum Gasteiger partial charge on any atom is 0.228 e. The van der Waals surface area contributed by atoms with E-state index >= 15 is 0 Å². The Labute approximate surface area is 171 Å². The van der Waals surface area contributed by atoms with Gasteiger partial charge in [-0.1, -0.05) is 32.0 Å². The van der Waals surface area contributed by atoms with E-state index in [2.05, 4.69) is 24.5 Å². The SMILES string of the molecule is COc1ccc(OC)c(NC(=O)C2CC2C(=O)Nc2c(C)cccc2C(C)C)c1. The third kappa shape index (κ3) is 4.53. The average Bonchev–Trinajstić information content (AvgIpc) is 3.50. The van der Waals surface area contributed by atoms with E-state index < -0.39 is 0 Å². The van der Waals surface area contributed by atoms with Crippen molar-refractivity contribution in [3.8, 4) is 11.5 Å². The van der Waals surface area contributed by atoms with Crippen LogP contribution in [0.1, 0.15) is 37.3 Å². The van der Waals surface area contributed by atoms with Gasteiger partial charge >= 0.3 is 0 Å². The summed E-state index contributed by atoms with van der Waals surface area (Å²) in [6.45, 7) is 6.17. The van der Waals surface area contributed by atoms with Gasteiger partial charge in [0.2, 0.25) is 11.8 Å². The monoisotopic (exact) mass is 396 g/mol. The number of benzene rings is 2. The van der Waals surface area contributed by atoms with Gasteiger partial charge < -0.3 is 20.1 Å². The van der Waals surface area contributed by atoms with Gasteiger partial charge in [-0.25, -0.2) is 0 Å². The largest absolute Gasteiger partial charge is 0.497 e. The second-order valence-corrected chi connectivity index (χ2v) is 7.69. The highest BCUT2D eigenvalue weighted by Crippen LogP contribution is 2.42. The number of carbonyl (C=O) groups excluding carboxylic acids is 2. The number of amides is 2. The van der Waals surface area contributed by atoms with E-state index in [1.54, 1.807) is 32.4 Å². The molecule has 2 aromatic rings. The summed E-state index contributed by atoms with van der Waals surface area (Å²) in [4.78, 5) is 25.4. The van der Waals surface area contributed by atoms with Crippen LogP contribution >= 0.6 is 0 Å². The number of rotatable bonds is 7. The minimum atomic E-state index is -0.350. The first-order valence-corrected chi connectivity index (χ1v) is 9.79. The molecule has 1 aliphatic rings. The number of aryl methyl sites for hydroxylation is 1. The van der Waals surface area contributed by atoms with Crippen LogP contribution in [0.5, 0.6) is 11.5 Å². The first-order valence-electron chi connectivity index (χ1n) is 9.79. The Balaban J connectivity index is 1.67. The van der Waals surface area contributed by atoms with Gasteiger partial charge in [-0.2, -0.15) is 0 Å². The molecule has 1 aliphatic carbocycles. The standard InChI is InChI=1S/C23H28N2O4/c1-13(2)16-8-6-7-14(3)21(16)25-23(27)18-12-17(18)22(26)24-19-11-15(28-4)9-10-20(19)29-5/h6-11,13,17-18H,12H2,1-5H3,(H,24,26)(H,25,27). The lowest BCUT2D eigenvalue weighted by atomic mass is 9.98. The van der Waals surface area contributed by atoms with Gasteiger partial charge in [-0.15, -0.1) is 0 Å². The van der Waals surface area contributed by atoms with Gasteiger partial charge in [0.25, 0.3) is 0 Å². The second-order valence-electron chi connectivity index (χ2n) is 7.69. The molecule has 0 spiro atoms. The zero-order chi connectivity index (χ0) is 21.1. The van der Waals surface area contributed by atoms with Gasteiger partial charge in [-0.3, -0.25) is 9.59 Å². The number of methoxy groups -OCH3 is 2. The minimum Gasteiger partial charge on any atom is -0.497 e. The van der Waals surface area contributed by atoms with Gasteiger partial charge in [0.05, 0.1) is 31.7 Å². The number of para-hydroxylation sites is 1. The number of nitrogens with one attached hydrogen (secondary N) is 2. The third-order valence-electron chi connectivity index (χ3n) is 5.30. The van der Waals surface area contributed by atoms with Crippen LogP contribution in [-0.2, 0) is 9.59 Å². The Bertz CT molecular complexity index is 923. The lowest BCUT2D eigenvalue weighted by Gasteiger charge is -2.16. The number of anilines is 2. The highest BCUT2D eigenvalue weighted by Gasteiger charge is 2.48. The van der Waals surface area contributed by atoms with Gasteiger partial charge in [0.1, 0.15) is 11.5 Å². The Morgan fingerprint density at radius 1 is 1.00 bits per heavy atom. The van der Waals surface area contributed by atoms with Gasteiger partial charge in [-0.05, 0) is 42.5 Å². The molecule has 2 unspecified atom stereocenters. The molecule has 0 aliphatic heterocycles. The Kier molecular flexibility index (Phi) is 6.11. The average molecular weight is 396 g/mol. The fraction of sp³-hybridized carbons (Fsp3) is 0.391. The summed E-state index contributed by atoms with van der Waals surface area (Å²) in [6, 6.07) is 11.2. The predicted molar refractivity (Wildman–Crippen MR) is 114 cm³/mol. The molecular formula is C23H28N2O4. The number of carbonyl (C=O) groups is 2. The van der Waals surface area contributed by atoms with E-state index in [0.29, 0.717) is 29.5 Å². The molecule has 6 heteroatoms. The minimum absolute atomic E-state index is 0.112. The molecule has 0 aromatic heterocycles. The quantitative estimate of drug-likeness (QED) is 0.730. The van der Waals surface area contributed by atoms with Gasteiger partial charge in [0.15, 0.2) is 0 Å². The molecule has 2 aromatic carbocycles. The maximum absolute atomic E-state index is 12.8. The van der Waals surface area contributed by atoms with Crippen molar-refractivity contribution in [1.29, 1.82) is 0 Å². The fourth-order valence-corrected chi connectivity index (χ4v) is 3.47. The summed E-state index contributed by atoms with van der Waals surface area (Å²) in [5.41, 5.74) is 3.50. The molecule has 0 bridgehead atoms. The summed E-state index contributed by atoms with van der Waals surface area (Å²) in [7, 11) is 3.10. The van der Waals surface area contributed by atoms with Gasteiger partial charge in [0, 0.05) is 11.8 Å². The highest BCUT2D eigenvalue weighted by molar-refractivity contribution is 6.04. The molecule has 0 saturated heterocycles. The van der Waals surface area contributed by atoms with E-state index in [-0.39, 0.29) is 23.7 Å². The smallest absolute Gasteiger partial charge is 0.228 e. The Morgan fingerprint density at radius 2 is 1.69 bits per heavy atom. The molecule has 1 fully saturated rings. The summed E-state index contributed by atoms with van der Waals surface area (Å²) in [5.74, 6) is 0.478. The lowest BCUT2D eigenvalue weighted by Crippen LogP contribution is -2.21. The van der Waals surface area contributed by atoms with Crippen LogP contribution in [0, 0.1) is 18.8 Å². The molecule has 3 rings (SSSR count). The van der Waals surface area contributed by atoms with Crippen LogP contribution in [0.3, 0.4) is 0 Å². The Hall–Kier alpha value is -3.02. The molecule has 1 saturated carbocycles. The first-order chi connectivity index (χ1) is 13.8. The van der Waals surface area contributed by atoms with Crippen LogP contribution in [-0.4, -0.2) is 26.0 Å². The zero-order valence-corrected chi connectivity index (χ0v) is 17.5. The van der Waals surface area contributed by atoms with Crippen LogP contribution in [0.15, 0.2) is 36.4 Å². The normalized spacial score (nSPS) is 17.6. The van der Waals surface area contributed by atoms with E-state index in [9.17, 15) is 9.59 Å². The zero-order valence-electron chi connectivity index (χ0n) is 17.5. The predicted octanol–water partition coefficient (Wildman–Crippen LogP) is 4.35. The molecule has 6 nitrogen and oxygen atoms in total. The lowest BCUT2D eigenvalue weighted by molar-refractivity contribution is -0.122. The van der Waals surface area contributed by atoms with E-state index in [0.717, 1.165) is 16.8 Å². The Morgan fingerprint density at radius 3 is 2.31 bits per heavy atom. The van der Waals surface area contributed by atoms with E-state index in [1.807, 2.05) is 25.1 Å². The van der Waals surface area contributed by atoms with Crippen molar-refractivity contribution in [1.82, 2.24) is 0 Å². The summed E-state index contributed by atoms with van der Waals surface area (Å²) < 4.78 is 10.5. The maximum atomic E-state index is 12.8. The molecule has 0 radical (unpaired) electrons. The molecular weight excluding hydrogens is 368 g/mol. The van der Waals surface area contributed by atoms with Crippen molar-refractivity contribution in [2.75, 3.05) is 24.9 Å². The molecule has 29 heavy (non-hydrogen) atoms. The van der Waals surface area contributed by atoms with Crippen molar-refractivity contribution in [2.24, 2.45) is 11.8 Å². The molecule has 2 N–H and O–H groups in total. The van der Waals surface area contributed by atoms with Crippen LogP contribution in [0.2, 0.25) is 0 Å². The number of hydrogen-bond acceptors (Lipinski definition) is 4. The molecule has 2 atom stereocenters. The first kappa shape index (κ1) is 20.7. The molecule has 0 heterocycles. The number of hydrogen-bond donors (Lipinski definition) is 2. The summed E-state index contributed by atoms with van der Waals surface area (Å²) in [6.07, 6.45) is 0.535. The molecule has 154 valence electrons. The van der Waals surface area contributed by atoms with Crippen molar-refractivity contribution in [2.45, 2.75) is 33.1 Å². The summed E-state index contributed by atoms with van der Waals surface area (Å²) in [5, 5.41) is 5.91. The topological polar surface area (TPSA) is 76.7 Å². The van der Waals surface area contributed by atoms with E-state index in [1.165, 1.54) is 0 Å². The second kappa shape index (κ2) is 8.55. The van der Waals surface area contributed by atoms with Crippen molar-refractivity contribution < 1.29 is 19.1 Å². The van der Waals surface area contributed by atoms with Crippen LogP contribution < -0.4 is 20.1 Å². The van der Waals surface area contributed by atoms with Crippen molar-refractivity contribution in [3.63, 3.8) is 0 Å². The number of ether oxygens (including phenoxy) is 2. The van der Waals surface area contributed by atoms with Crippen molar-refractivity contribution >= 4 is 23.2 Å². The molecule has 2 amide bonds. The van der Waals surface area contributed by atoms with Crippen LogP contribution in [0.4, 0.5) is 11.4 Å². The summed E-state index contributed by atoms with van der Waals surface area (Å²) >= 11 is 0. The van der Waals surface area contributed by atoms with Crippen LogP contribution in [0.25, 0.3) is 0 Å². The highest BCUT2D eigenvalue weighted by atomic mass is 16.5. The fourth-order valence-electron chi connectivity index (χ4n) is 3.47. The van der Waals surface area contributed by atoms with E-state index in [4.69, 9.17) is 9.47 Å².